The molecule has 2 N–H and O–H groups in total. The summed E-state index contributed by atoms with van der Waals surface area (Å²) in [6.45, 7) is 3.75. The summed E-state index contributed by atoms with van der Waals surface area (Å²) in [5.74, 6) is 0.000833. The zero-order chi connectivity index (χ0) is 7.98. The summed E-state index contributed by atoms with van der Waals surface area (Å²) in [6.07, 6.45) is 1.26. The molecule has 1 atom stereocenters. The monoisotopic (exact) mass is 145 g/mol. The average Bonchev–Trinajstić information content (AvgIpc) is 1.99. The van der Waals surface area contributed by atoms with Crippen LogP contribution in [0.25, 0.3) is 0 Å². The largest absolute Gasteiger partial charge is 0.394 e. The Morgan fingerprint density at radius 1 is 1.60 bits per heavy atom. The molecular weight excluding hydrogens is 130 g/mol. The van der Waals surface area contributed by atoms with E-state index in [4.69, 9.17) is 5.11 Å². The van der Waals surface area contributed by atoms with Crippen molar-refractivity contribution in [2.24, 2.45) is 0 Å². The van der Waals surface area contributed by atoms with Crippen LogP contribution in [-0.4, -0.2) is 23.7 Å². The van der Waals surface area contributed by atoms with Gasteiger partial charge in [0, 0.05) is 6.42 Å². The number of nitrogens with one attached hydrogen (secondary N) is 1. The Hall–Kier alpha value is -0.570. The van der Waals surface area contributed by atoms with Gasteiger partial charge in [-0.05, 0) is 6.42 Å². The van der Waals surface area contributed by atoms with Gasteiger partial charge in [-0.15, -0.1) is 0 Å². The Balaban J connectivity index is 3.52. The van der Waals surface area contributed by atoms with Gasteiger partial charge in [-0.25, -0.2) is 0 Å². The number of hydrogen-bond acceptors (Lipinski definition) is 2. The second-order valence-electron chi connectivity index (χ2n) is 2.21. The maximum Gasteiger partial charge on any atom is 0.220 e. The summed E-state index contributed by atoms with van der Waals surface area (Å²) in [4.78, 5) is 10.7. The predicted molar refractivity (Wildman–Crippen MR) is 39.6 cm³/mol. The van der Waals surface area contributed by atoms with Crippen LogP contribution in [0.15, 0.2) is 0 Å². The van der Waals surface area contributed by atoms with E-state index in [1.54, 1.807) is 6.92 Å². The van der Waals surface area contributed by atoms with Crippen LogP contribution in [0.4, 0.5) is 0 Å². The third kappa shape index (κ3) is 3.45. The Bertz CT molecular complexity index is 99.8. The molecule has 0 aromatic rings. The van der Waals surface area contributed by atoms with E-state index in [9.17, 15) is 4.79 Å². The molecule has 0 spiro atoms. The van der Waals surface area contributed by atoms with Crippen molar-refractivity contribution in [3.05, 3.63) is 0 Å². The molecule has 0 aliphatic rings. The Morgan fingerprint density at radius 2 is 2.20 bits per heavy atom. The molecule has 3 heteroatoms. The molecule has 0 radical (unpaired) electrons. The van der Waals surface area contributed by atoms with Crippen molar-refractivity contribution < 1.29 is 9.90 Å². The highest BCUT2D eigenvalue weighted by Crippen LogP contribution is 1.89. The second kappa shape index (κ2) is 5.23. The van der Waals surface area contributed by atoms with E-state index in [2.05, 4.69) is 5.32 Å². The third-order valence-corrected chi connectivity index (χ3v) is 1.40. The molecule has 0 heterocycles. The first-order chi connectivity index (χ1) is 4.74. The Labute approximate surface area is 61.4 Å². The summed E-state index contributed by atoms with van der Waals surface area (Å²) in [7, 11) is 0. The number of rotatable bonds is 4. The number of aliphatic hydroxyl groups excluding tert-OH is 1. The molecule has 10 heavy (non-hydrogen) atoms. The summed E-state index contributed by atoms with van der Waals surface area (Å²) < 4.78 is 0. The lowest BCUT2D eigenvalue weighted by atomic mass is 10.2. The number of amides is 1. The van der Waals surface area contributed by atoms with Crippen molar-refractivity contribution >= 4 is 5.91 Å². The number of carbonyl (C=O) groups is 1. The Morgan fingerprint density at radius 3 is 2.50 bits per heavy atom. The van der Waals surface area contributed by atoms with Crippen LogP contribution in [0.5, 0.6) is 0 Å². The zero-order valence-corrected chi connectivity index (χ0v) is 6.55. The minimum Gasteiger partial charge on any atom is -0.394 e. The molecule has 0 rings (SSSR count). The molecule has 3 nitrogen and oxygen atoms in total. The van der Waals surface area contributed by atoms with Crippen molar-refractivity contribution in [1.82, 2.24) is 5.32 Å². The van der Waals surface area contributed by atoms with Crippen molar-refractivity contribution in [2.75, 3.05) is 6.61 Å². The average molecular weight is 145 g/mol. The zero-order valence-electron chi connectivity index (χ0n) is 6.55. The number of hydrogen-bond donors (Lipinski definition) is 2. The molecule has 1 unspecified atom stereocenters. The van der Waals surface area contributed by atoms with Crippen LogP contribution in [0, 0.1) is 0 Å². The molecule has 0 saturated carbocycles. The maximum absolute atomic E-state index is 10.7. The van der Waals surface area contributed by atoms with Crippen LogP contribution in [-0.2, 0) is 4.79 Å². The fraction of sp³-hybridized carbons (Fsp3) is 0.857. The van der Waals surface area contributed by atoms with E-state index >= 15 is 0 Å². The molecule has 0 fully saturated rings. The lowest BCUT2D eigenvalue weighted by molar-refractivity contribution is -0.121. The van der Waals surface area contributed by atoms with E-state index in [1.807, 2.05) is 6.92 Å². The fourth-order valence-corrected chi connectivity index (χ4v) is 0.607. The summed E-state index contributed by atoms with van der Waals surface area (Å²) in [6, 6.07) is -0.0625. The van der Waals surface area contributed by atoms with Gasteiger partial charge in [0.25, 0.3) is 0 Å². The molecule has 0 aliphatic heterocycles. The van der Waals surface area contributed by atoms with Gasteiger partial charge in [0.1, 0.15) is 0 Å². The number of carbonyl (C=O) groups excluding carboxylic acids is 1. The fourth-order valence-electron chi connectivity index (χ4n) is 0.607. The SMILES string of the molecule is CCC(=O)NC(CC)CO. The lowest BCUT2D eigenvalue weighted by Gasteiger charge is -2.12. The topological polar surface area (TPSA) is 49.3 Å². The molecular formula is C7H15NO2. The quantitative estimate of drug-likeness (QED) is 0.597. The lowest BCUT2D eigenvalue weighted by Crippen LogP contribution is -2.36. The standard InChI is InChI=1S/C7H15NO2/c1-3-6(5-9)8-7(10)4-2/h6,9H,3-5H2,1-2H3,(H,8,10). The van der Waals surface area contributed by atoms with Crippen LogP contribution in [0.1, 0.15) is 26.7 Å². The Kier molecular flexibility index (Phi) is 4.94. The number of aliphatic hydroxyl groups is 1. The van der Waals surface area contributed by atoms with Crippen LogP contribution in [0.2, 0.25) is 0 Å². The minimum atomic E-state index is -0.0625. The van der Waals surface area contributed by atoms with Gasteiger partial charge in [0.2, 0.25) is 5.91 Å². The van der Waals surface area contributed by atoms with Gasteiger partial charge in [0.15, 0.2) is 0 Å². The smallest absolute Gasteiger partial charge is 0.220 e. The van der Waals surface area contributed by atoms with E-state index in [1.165, 1.54) is 0 Å². The van der Waals surface area contributed by atoms with Crippen molar-refractivity contribution in [2.45, 2.75) is 32.7 Å². The molecule has 0 aliphatic carbocycles. The molecule has 60 valence electrons. The minimum absolute atomic E-state index is 0.000833. The first kappa shape index (κ1) is 9.43. The molecule has 0 bridgehead atoms. The first-order valence-corrected chi connectivity index (χ1v) is 3.64. The van der Waals surface area contributed by atoms with E-state index in [0.717, 1.165) is 6.42 Å². The highest BCUT2D eigenvalue weighted by atomic mass is 16.3. The van der Waals surface area contributed by atoms with Gasteiger partial charge >= 0.3 is 0 Å². The van der Waals surface area contributed by atoms with Gasteiger partial charge in [0.05, 0.1) is 12.6 Å². The summed E-state index contributed by atoms with van der Waals surface area (Å²) >= 11 is 0. The van der Waals surface area contributed by atoms with Crippen LogP contribution < -0.4 is 5.32 Å². The van der Waals surface area contributed by atoms with Gasteiger partial charge in [-0.2, -0.15) is 0 Å². The third-order valence-electron chi connectivity index (χ3n) is 1.40. The van der Waals surface area contributed by atoms with Crippen LogP contribution in [0.3, 0.4) is 0 Å². The van der Waals surface area contributed by atoms with E-state index < -0.39 is 0 Å². The van der Waals surface area contributed by atoms with Crippen molar-refractivity contribution in [3.8, 4) is 0 Å². The van der Waals surface area contributed by atoms with Gasteiger partial charge < -0.3 is 10.4 Å². The van der Waals surface area contributed by atoms with Gasteiger partial charge in [-0.1, -0.05) is 13.8 Å². The van der Waals surface area contributed by atoms with Gasteiger partial charge in [-0.3, -0.25) is 4.79 Å². The predicted octanol–water partition coefficient (Wildman–Crippen LogP) is 0.283. The van der Waals surface area contributed by atoms with Crippen molar-refractivity contribution in [1.29, 1.82) is 0 Å². The normalized spacial score (nSPS) is 12.7. The van der Waals surface area contributed by atoms with E-state index in [0.29, 0.717) is 6.42 Å². The second-order valence-corrected chi connectivity index (χ2v) is 2.21. The molecule has 0 saturated heterocycles. The molecule has 0 aromatic heterocycles. The molecule has 0 aromatic carbocycles. The first-order valence-electron chi connectivity index (χ1n) is 3.64. The molecule has 1 amide bonds. The van der Waals surface area contributed by atoms with E-state index in [-0.39, 0.29) is 18.6 Å². The summed E-state index contributed by atoms with van der Waals surface area (Å²) in [5.41, 5.74) is 0. The van der Waals surface area contributed by atoms with Crippen LogP contribution >= 0.6 is 0 Å². The highest BCUT2D eigenvalue weighted by Gasteiger charge is 2.05. The highest BCUT2D eigenvalue weighted by molar-refractivity contribution is 5.75. The summed E-state index contributed by atoms with van der Waals surface area (Å²) in [5, 5.41) is 11.3. The maximum atomic E-state index is 10.7. The van der Waals surface area contributed by atoms with Crippen molar-refractivity contribution in [3.63, 3.8) is 0 Å².